The molecule has 0 saturated carbocycles. The Balaban J connectivity index is 2.95. The molecule has 0 heterocycles. The highest BCUT2D eigenvalue weighted by Gasteiger charge is 2.33. The lowest BCUT2D eigenvalue weighted by Crippen LogP contribution is -2.46. The lowest BCUT2D eigenvalue weighted by Gasteiger charge is -2.34. The first-order valence-corrected chi connectivity index (χ1v) is 12.7. The Labute approximate surface area is 136 Å². The van der Waals surface area contributed by atoms with Crippen molar-refractivity contribution >= 4 is 18.1 Å². The number of nitrogens with one attached hydrogen (secondary N) is 1. The summed E-state index contributed by atoms with van der Waals surface area (Å²) in [7, 11) is -4.91. The van der Waals surface area contributed by atoms with Crippen LogP contribution < -0.4 is 4.72 Å². The zero-order valence-corrected chi connectivity index (χ0v) is 16.4. The van der Waals surface area contributed by atoms with E-state index in [1.54, 1.807) is 12.1 Å². The van der Waals surface area contributed by atoms with Gasteiger partial charge in [-0.05, 0) is 44.9 Å². The SMILES string of the molecule is C=CC(CC(C)(C)NS(=O)(=O)c1ccc(C)cc1)[Si](C)(C)C. The largest absolute Gasteiger partial charge is 0.241 e. The molecule has 0 spiro atoms. The van der Waals surface area contributed by atoms with E-state index in [1.165, 1.54) is 0 Å². The number of rotatable bonds is 7. The number of aryl methyl sites for hydroxylation is 1. The molecule has 3 nitrogen and oxygen atoms in total. The van der Waals surface area contributed by atoms with Crippen LogP contribution in [0.25, 0.3) is 0 Å². The van der Waals surface area contributed by atoms with Gasteiger partial charge in [0.25, 0.3) is 0 Å². The Hall–Kier alpha value is -0.913. The third-order valence-electron chi connectivity index (χ3n) is 3.87. The van der Waals surface area contributed by atoms with Gasteiger partial charge in [0.15, 0.2) is 0 Å². The molecule has 1 rings (SSSR count). The monoisotopic (exact) mass is 339 g/mol. The van der Waals surface area contributed by atoms with Crippen LogP contribution in [0.2, 0.25) is 25.2 Å². The highest BCUT2D eigenvalue weighted by molar-refractivity contribution is 7.89. The van der Waals surface area contributed by atoms with Crippen LogP contribution in [-0.2, 0) is 10.0 Å². The molecule has 1 unspecified atom stereocenters. The first-order valence-electron chi connectivity index (χ1n) is 7.61. The summed E-state index contributed by atoms with van der Waals surface area (Å²) in [6.07, 6.45) is 2.74. The molecule has 1 aromatic rings. The molecular weight excluding hydrogens is 310 g/mol. The van der Waals surface area contributed by atoms with E-state index in [9.17, 15) is 8.42 Å². The van der Waals surface area contributed by atoms with Crippen LogP contribution in [0, 0.1) is 6.92 Å². The maximum Gasteiger partial charge on any atom is 0.241 e. The Bertz CT molecular complexity index is 613. The van der Waals surface area contributed by atoms with E-state index in [0.29, 0.717) is 10.4 Å². The van der Waals surface area contributed by atoms with E-state index in [4.69, 9.17) is 0 Å². The zero-order valence-electron chi connectivity index (χ0n) is 14.6. The highest BCUT2D eigenvalue weighted by Crippen LogP contribution is 2.32. The third kappa shape index (κ3) is 5.37. The molecule has 1 atom stereocenters. The number of allylic oxidation sites excluding steroid dienone is 1. The Morgan fingerprint density at radius 3 is 2.14 bits per heavy atom. The summed E-state index contributed by atoms with van der Waals surface area (Å²) >= 11 is 0. The Morgan fingerprint density at radius 1 is 1.23 bits per heavy atom. The van der Waals surface area contributed by atoms with E-state index >= 15 is 0 Å². The second-order valence-corrected chi connectivity index (χ2v) is 14.9. The predicted molar refractivity (Wildman–Crippen MR) is 97.5 cm³/mol. The van der Waals surface area contributed by atoms with Gasteiger partial charge in [-0.2, -0.15) is 0 Å². The molecule has 0 bridgehead atoms. The zero-order chi connectivity index (χ0) is 17.2. The highest BCUT2D eigenvalue weighted by atomic mass is 32.2. The summed E-state index contributed by atoms with van der Waals surface area (Å²) in [4.78, 5) is 0.314. The van der Waals surface area contributed by atoms with Gasteiger partial charge in [-0.25, -0.2) is 13.1 Å². The van der Waals surface area contributed by atoms with E-state index in [2.05, 4.69) is 30.9 Å². The number of hydrogen-bond acceptors (Lipinski definition) is 2. The standard InChI is InChI=1S/C17H29NO2SSi/c1-8-16(22(5,6)7)13-17(3,4)18-21(19,20)15-11-9-14(2)10-12-15/h8-12,16,18H,1,13H2,2-7H3. The quantitative estimate of drug-likeness (QED) is 0.593. The average molecular weight is 340 g/mol. The van der Waals surface area contributed by atoms with E-state index < -0.39 is 23.6 Å². The minimum Gasteiger partial charge on any atom is -0.207 e. The Kier molecular flexibility index (Phi) is 5.81. The van der Waals surface area contributed by atoms with Crippen molar-refractivity contribution in [1.82, 2.24) is 4.72 Å². The van der Waals surface area contributed by atoms with Gasteiger partial charge in [-0.1, -0.05) is 43.4 Å². The van der Waals surface area contributed by atoms with Crippen LogP contribution in [0.5, 0.6) is 0 Å². The summed E-state index contributed by atoms with van der Waals surface area (Å²) in [5.41, 5.74) is 0.898. The van der Waals surface area contributed by atoms with Crippen LogP contribution in [-0.4, -0.2) is 22.0 Å². The molecule has 22 heavy (non-hydrogen) atoms. The molecule has 0 fully saturated rings. The number of benzene rings is 1. The summed E-state index contributed by atoms with van der Waals surface area (Å²) < 4.78 is 28.0. The van der Waals surface area contributed by atoms with Crippen LogP contribution in [0.1, 0.15) is 25.8 Å². The number of hydrogen-bond donors (Lipinski definition) is 1. The molecule has 0 aliphatic rings. The summed E-state index contributed by atoms with van der Waals surface area (Å²) in [6.45, 7) is 16.6. The molecule has 124 valence electrons. The molecule has 0 amide bonds. The molecule has 5 heteroatoms. The lowest BCUT2D eigenvalue weighted by molar-refractivity contribution is 0.422. The van der Waals surface area contributed by atoms with Gasteiger partial charge < -0.3 is 0 Å². The molecule has 1 aromatic carbocycles. The minimum atomic E-state index is -3.50. The van der Waals surface area contributed by atoms with Crippen LogP contribution in [0.15, 0.2) is 41.8 Å². The van der Waals surface area contributed by atoms with Gasteiger partial charge in [0, 0.05) is 5.54 Å². The van der Waals surface area contributed by atoms with Gasteiger partial charge in [-0.3, -0.25) is 0 Å². The van der Waals surface area contributed by atoms with Crippen LogP contribution in [0.3, 0.4) is 0 Å². The second kappa shape index (κ2) is 6.68. The van der Waals surface area contributed by atoms with Crippen LogP contribution in [0.4, 0.5) is 0 Å². The van der Waals surface area contributed by atoms with E-state index in [-0.39, 0.29) is 0 Å². The van der Waals surface area contributed by atoms with Crippen molar-refractivity contribution in [3.05, 3.63) is 42.5 Å². The fourth-order valence-electron chi connectivity index (χ4n) is 2.47. The van der Waals surface area contributed by atoms with Crippen molar-refractivity contribution < 1.29 is 8.42 Å². The fraction of sp³-hybridized carbons (Fsp3) is 0.529. The maximum atomic E-state index is 12.6. The van der Waals surface area contributed by atoms with Gasteiger partial charge >= 0.3 is 0 Å². The fourth-order valence-corrected chi connectivity index (χ4v) is 5.73. The first-order chi connectivity index (χ1) is 9.87. The Morgan fingerprint density at radius 2 is 1.73 bits per heavy atom. The molecule has 0 aliphatic heterocycles. The van der Waals surface area contributed by atoms with Crippen molar-refractivity contribution in [3.8, 4) is 0 Å². The lowest BCUT2D eigenvalue weighted by atomic mass is 10.00. The number of sulfonamides is 1. The summed E-state index contributed by atoms with van der Waals surface area (Å²) in [5, 5.41) is 0. The first kappa shape index (κ1) is 19.1. The minimum absolute atomic E-state index is 0.314. The molecule has 0 aromatic heterocycles. The molecule has 0 radical (unpaired) electrons. The topological polar surface area (TPSA) is 46.2 Å². The second-order valence-electron chi connectivity index (χ2n) is 7.71. The smallest absolute Gasteiger partial charge is 0.207 e. The van der Waals surface area contributed by atoms with Gasteiger partial charge in [0.1, 0.15) is 0 Å². The van der Waals surface area contributed by atoms with Crippen molar-refractivity contribution in [2.24, 2.45) is 0 Å². The van der Waals surface area contributed by atoms with Crippen molar-refractivity contribution in [1.29, 1.82) is 0 Å². The van der Waals surface area contributed by atoms with Gasteiger partial charge in [-0.15, -0.1) is 6.58 Å². The van der Waals surface area contributed by atoms with Gasteiger partial charge in [0.05, 0.1) is 13.0 Å². The summed E-state index contributed by atoms with van der Waals surface area (Å²) in [5.74, 6) is 0. The molecule has 0 saturated heterocycles. The molecule has 0 aliphatic carbocycles. The molecule has 1 N–H and O–H groups in total. The maximum absolute atomic E-state index is 12.6. The van der Waals surface area contributed by atoms with Gasteiger partial charge in [0.2, 0.25) is 10.0 Å². The van der Waals surface area contributed by atoms with Crippen molar-refractivity contribution in [2.75, 3.05) is 0 Å². The van der Waals surface area contributed by atoms with E-state index in [1.807, 2.05) is 39.0 Å². The third-order valence-corrected chi connectivity index (χ3v) is 8.25. The summed E-state index contributed by atoms with van der Waals surface area (Å²) in [6, 6.07) is 6.93. The average Bonchev–Trinajstić information content (AvgIpc) is 2.34. The van der Waals surface area contributed by atoms with E-state index in [0.717, 1.165) is 12.0 Å². The predicted octanol–water partition coefficient (Wildman–Crippen LogP) is 4.34. The normalized spacial score (nSPS) is 14.6. The molecular formula is C17H29NO2SSi. The van der Waals surface area contributed by atoms with Crippen molar-refractivity contribution in [3.63, 3.8) is 0 Å². The van der Waals surface area contributed by atoms with Crippen LogP contribution >= 0.6 is 0 Å². The van der Waals surface area contributed by atoms with Crippen molar-refractivity contribution in [2.45, 2.75) is 62.8 Å².